The molecular weight excluding hydrogens is 344 g/mol. The van der Waals surface area contributed by atoms with Crippen molar-refractivity contribution in [3.05, 3.63) is 35.9 Å². The van der Waals surface area contributed by atoms with E-state index in [2.05, 4.69) is 68.2 Å². The second kappa shape index (κ2) is 7.16. The fourth-order valence-corrected chi connectivity index (χ4v) is 7.22. The molecule has 1 aromatic carbocycles. The molecule has 1 aliphatic heterocycles. The third kappa shape index (κ3) is 3.51. The highest BCUT2D eigenvalue weighted by molar-refractivity contribution is 5.83. The van der Waals surface area contributed by atoms with Crippen LogP contribution in [0.4, 0.5) is 0 Å². The van der Waals surface area contributed by atoms with Crippen LogP contribution in [0.5, 0.6) is 0 Å². The first-order chi connectivity index (χ1) is 13.3. The van der Waals surface area contributed by atoms with Crippen LogP contribution >= 0.6 is 0 Å². The van der Waals surface area contributed by atoms with Crippen molar-refractivity contribution in [2.75, 3.05) is 19.6 Å². The van der Waals surface area contributed by atoms with Gasteiger partial charge in [-0.25, -0.2) is 0 Å². The monoisotopic (exact) mass is 382 g/mol. The fraction of sp³-hybridized carbons (Fsp3) is 0.720. The fourth-order valence-electron chi connectivity index (χ4n) is 7.22. The van der Waals surface area contributed by atoms with Gasteiger partial charge in [0.05, 0.1) is 0 Å². The summed E-state index contributed by atoms with van der Waals surface area (Å²) in [7, 11) is 0. The van der Waals surface area contributed by atoms with Crippen LogP contribution in [-0.2, 0) is 10.2 Å². The number of carbonyl (C=O) groups is 1. The van der Waals surface area contributed by atoms with Crippen LogP contribution in [0.15, 0.2) is 30.3 Å². The zero-order valence-corrected chi connectivity index (χ0v) is 18.3. The largest absolute Gasteiger partial charge is 0.337 e. The lowest BCUT2D eigenvalue weighted by atomic mass is 9.47. The van der Waals surface area contributed by atoms with Gasteiger partial charge >= 0.3 is 0 Å². The van der Waals surface area contributed by atoms with Crippen molar-refractivity contribution in [2.24, 2.45) is 16.7 Å². The molecule has 28 heavy (non-hydrogen) atoms. The van der Waals surface area contributed by atoms with E-state index in [0.29, 0.717) is 23.3 Å². The zero-order chi connectivity index (χ0) is 20.0. The zero-order valence-electron chi connectivity index (χ0n) is 18.3. The number of rotatable bonds is 3. The summed E-state index contributed by atoms with van der Waals surface area (Å²) in [6.07, 6.45) is 6.80. The number of nitrogens with zero attached hydrogens (tertiary/aromatic N) is 1. The van der Waals surface area contributed by atoms with Crippen molar-refractivity contribution >= 4 is 5.91 Å². The van der Waals surface area contributed by atoms with E-state index in [-0.39, 0.29) is 10.8 Å². The predicted octanol–water partition coefficient (Wildman–Crippen LogP) is 4.76. The molecule has 3 heteroatoms. The molecule has 4 rings (SSSR count). The molecule has 1 N–H and O–H groups in total. The number of carbonyl (C=O) groups excluding carboxylic acids is 1. The Labute approximate surface area is 171 Å². The Bertz CT molecular complexity index is 715. The van der Waals surface area contributed by atoms with Crippen molar-refractivity contribution in [1.29, 1.82) is 0 Å². The lowest BCUT2D eigenvalue weighted by Gasteiger charge is -2.58. The Balaban J connectivity index is 1.69. The van der Waals surface area contributed by atoms with Crippen LogP contribution in [0.3, 0.4) is 0 Å². The van der Waals surface area contributed by atoms with Gasteiger partial charge in [0.25, 0.3) is 0 Å². The summed E-state index contributed by atoms with van der Waals surface area (Å²) in [5, 5.41) is 3.48. The highest BCUT2D eigenvalue weighted by Crippen LogP contribution is 2.61. The van der Waals surface area contributed by atoms with Crippen LogP contribution in [0.2, 0.25) is 0 Å². The van der Waals surface area contributed by atoms with Gasteiger partial charge in [-0.05, 0) is 60.8 Å². The van der Waals surface area contributed by atoms with Gasteiger partial charge in [0.1, 0.15) is 0 Å². The van der Waals surface area contributed by atoms with Crippen molar-refractivity contribution in [3.63, 3.8) is 0 Å². The molecule has 3 fully saturated rings. The van der Waals surface area contributed by atoms with E-state index >= 15 is 0 Å². The van der Waals surface area contributed by atoms with Crippen molar-refractivity contribution in [2.45, 2.75) is 77.7 Å². The van der Waals surface area contributed by atoms with Gasteiger partial charge in [-0.2, -0.15) is 0 Å². The first-order valence-electron chi connectivity index (χ1n) is 11.3. The van der Waals surface area contributed by atoms with Gasteiger partial charge in [-0.15, -0.1) is 0 Å². The molecular formula is C25H38N2O. The summed E-state index contributed by atoms with van der Waals surface area (Å²) in [5.74, 6) is 1.07. The maximum Gasteiger partial charge on any atom is 0.228 e. The summed E-state index contributed by atoms with van der Waals surface area (Å²) in [6, 6.07) is 11.5. The Hall–Kier alpha value is -1.35. The van der Waals surface area contributed by atoms with Crippen LogP contribution in [0.25, 0.3) is 0 Å². The molecule has 154 valence electrons. The Kier molecular flexibility index (Phi) is 5.10. The predicted molar refractivity (Wildman–Crippen MR) is 115 cm³/mol. The number of hydrogen-bond acceptors (Lipinski definition) is 2. The highest BCUT2D eigenvalue weighted by atomic mass is 16.2. The lowest BCUT2D eigenvalue weighted by Crippen LogP contribution is -2.60. The molecule has 1 saturated heterocycles. The molecule has 2 bridgehead atoms. The average molecular weight is 383 g/mol. The van der Waals surface area contributed by atoms with Crippen molar-refractivity contribution in [3.8, 4) is 0 Å². The van der Waals surface area contributed by atoms with E-state index in [1.54, 1.807) is 0 Å². The minimum atomic E-state index is -0.236. The van der Waals surface area contributed by atoms with Gasteiger partial charge in [0, 0.05) is 31.1 Å². The van der Waals surface area contributed by atoms with Crippen molar-refractivity contribution < 1.29 is 4.79 Å². The first-order valence-corrected chi connectivity index (χ1v) is 11.3. The van der Waals surface area contributed by atoms with E-state index < -0.39 is 0 Å². The minimum Gasteiger partial charge on any atom is -0.337 e. The molecule has 3 nitrogen and oxygen atoms in total. The average Bonchev–Trinajstić information content (AvgIpc) is 2.66. The SMILES string of the molecule is CCC1CNCCN1C(=O)C1(C)CC2CC(C)(C)CC(c3ccccc3)(C2)C1. The van der Waals surface area contributed by atoms with Gasteiger partial charge in [0.2, 0.25) is 5.91 Å². The molecule has 4 unspecified atom stereocenters. The lowest BCUT2D eigenvalue weighted by molar-refractivity contribution is -0.152. The third-order valence-electron chi connectivity index (χ3n) is 7.79. The highest BCUT2D eigenvalue weighted by Gasteiger charge is 2.56. The van der Waals surface area contributed by atoms with Crippen LogP contribution in [0, 0.1) is 16.7 Å². The molecule has 2 aliphatic carbocycles. The van der Waals surface area contributed by atoms with Gasteiger partial charge in [0.15, 0.2) is 0 Å². The van der Waals surface area contributed by atoms with Crippen LogP contribution < -0.4 is 5.32 Å². The third-order valence-corrected chi connectivity index (χ3v) is 7.79. The van der Waals surface area contributed by atoms with Gasteiger partial charge in [-0.1, -0.05) is 58.0 Å². The second-order valence-electron chi connectivity index (χ2n) is 11.0. The molecule has 1 heterocycles. The van der Waals surface area contributed by atoms with Crippen LogP contribution in [-0.4, -0.2) is 36.5 Å². The standard InChI is InChI=1S/C25H38N2O/c1-5-21-16-26-11-12-27(21)22(28)24(4)14-19-13-23(2,3)17-25(15-19,18-24)20-9-7-6-8-10-20/h6-10,19,21,26H,5,11-18H2,1-4H3. The summed E-state index contributed by atoms with van der Waals surface area (Å²) >= 11 is 0. The number of nitrogens with one attached hydrogen (secondary N) is 1. The molecule has 4 atom stereocenters. The normalized spacial score (nSPS) is 37.5. The van der Waals surface area contributed by atoms with E-state index in [9.17, 15) is 4.79 Å². The topological polar surface area (TPSA) is 32.3 Å². The van der Waals surface area contributed by atoms with Gasteiger partial charge < -0.3 is 10.2 Å². The number of benzene rings is 1. The molecule has 0 spiro atoms. The van der Waals surface area contributed by atoms with E-state index in [1.165, 1.54) is 24.8 Å². The van der Waals surface area contributed by atoms with E-state index in [4.69, 9.17) is 0 Å². The second-order valence-corrected chi connectivity index (χ2v) is 11.0. The number of piperazine rings is 1. The van der Waals surface area contributed by atoms with Gasteiger partial charge in [-0.3, -0.25) is 4.79 Å². The minimum absolute atomic E-state index is 0.145. The molecule has 2 saturated carbocycles. The first kappa shape index (κ1) is 19.9. The Morgan fingerprint density at radius 1 is 1.11 bits per heavy atom. The summed E-state index contributed by atoms with van der Waals surface area (Å²) < 4.78 is 0. The van der Waals surface area contributed by atoms with E-state index in [0.717, 1.165) is 38.9 Å². The maximum absolute atomic E-state index is 13.9. The quantitative estimate of drug-likeness (QED) is 0.817. The number of amides is 1. The maximum atomic E-state index is 13.9. The van der Waals surface area contributed by atoms with Crippen molar-refractivity contribution in [1.82, 2.24) is 10.2 Å². The summed E-state index contributed by atoms with van der Waals surface area (Å²) in [5.41, 5.74) is 1.72. The molecule has 3 aliphatic rings. The Morgan fingerprint density at radius 3 is 2.57 bits per heavy atom. The number of fused-ring (bicyclic) bond motifs is 2. The van der Waals surface area contributed by atoms with E-state index in [1.807, 2.05) is 0 Å². The van der Waals surface area contributed by atoms with Crippen LogP contribution in [0.1, 0.15) is 71.8 Å². The molecule has 1 amide bonds. The Morgan fingerprint density at radius 2 is 1.86 bits per heavy atom. The molecule has 1 aromatic rings. The smallest absolute Gasteiger partial charge is 0.228 e. The molecule has 0 aromatic heterocycles. The summed E-state index contributed by atoms with van der Waals surface area (Å²) in [4.78, 5) is 16.1. The summed E-state index contributed by atoms with van der Waals surface area (Å²) in [6.45, 7) is 12.1. The number of hydrogen-bond donors (Lipinski definition) is 1. The molecule has 0 radical (unpaired) electrons.